The van der Waals surface area contributed by atoms with Crippen LogP contribution < -0.4 is 5.73 Å². The van der Waals surface area contributed by atoms with Gasteiger partial charge in [-0.15, -0.1) is 0 Å². The Morgan fingerprint density at radius 2 is 2.19 bits per heavy atom. The first-order valence-corrected chi connectivity index (χ1v) is 5.37. The number of amides is 1. The van der Waals surface area contributed by atoms with Crippen molar-refractivity contribution in [1.82, 2.24) is 4.90 Å². The maximum Gasteiger partial charge on any atom is 0.326 e. The van der Waals surface area contributed by atoms with Gasteiger partial charge in [0.2, 0.25) is 5.91 Å². The maximum absolute atomic E-state index is 11.7. The van der Waals surface area contributed by atoms with Gasteiger partial charge in [0.1, 0.15) is 6.04 Å². The fourth-order valence-electron chi connectivity index (χ4n) is 1.82. The van der Waals surface area contributed by atoms with Gasteiger partial charge >= 0.3 is 5.97 Å². The molecule has 1 heterocycles. The molecule has 16 heavy (non-hydrogen) atoms. The van der Waals surface area contributed by atoms with Crippen molar-refractivity contribution in [2.24, 2.45) is 5.73 Å². The van der Waals surface area contributed by atoms with Gasteiger partial charge in [0.25, 0.3) is 0 Å². The highest BCUT2D eigenvalue weighted by Gasteiger charge is 2.38. The standard InChI is InChI=1S/C10H18N2O4/c1-6(11)2-3-9(14)12-5-7(13)4-8(12)10(15)16/h6-8,13H,2-5,11H2,1H3,(H,15,16)/t6?,7-,8-/m0/s1. The number of nitrogens with two attached hydrogens (primary N) is 1. The Kier molecular flexibility index (Phi) is 4.26. The van der Waals surface area contributed by atoms with Gasteiger partial charge in [-0.05, 0) is 13.3 Å². The van der Waals surface area contributed by atoms with Crippen molar-refractivity contribution in [3.8, 4) is 0 Å². The molecule has 1 unspecified atom stereocenters. The van der Waals surface area contributed by atoms with E-state index in [2.05, 4.69) is 0 Å². The number of carboxylic acids is 1. The molecule has 0 aromatic heterocycles. The summed E-state index contributed by atoms with van der Waals surface area (Å²) in [5.74, 6) is -1.31. The Bertz CT molecular complexity index is 280. The van der Waals surface area contributed by atoms with Gasteiger partial charge in [-0.3, -0.25) is 4.79 Å². The summed E-state index contributed by atoms with van der Waals surface area (Å²) in [5, 5.41) is 18.3. The number of aliphatic hydroxyl groups is 1. The zero-order valence-corrected chi connectivity index (χ0v) is 9.30. The lowest BCUT2D eigenvalue weighted by Crippen LogP contribution is -2.40. The number of hydrogen-bond donors (Lipinski definition) is 3. The highest BCUT2D eigenvalue weighted by Crippen LogP contribution is 2.19. The van der Waals surface area contributed by atoms with Crippen LogP contribution >= 0.6 is 0 Å². The van der Waals surface area contributed by atoms with Gasteiger partial charge in [-0.25, -0.2) is 4.79 Å². The molecule has 1 aliphatic rings. The molecule has 6 heteroatoms. The zero-order chi connectivity index (χ0) is 12.3. The quantitative estimate of drug-likeness (QED) is 0.584. The van der Waals surface area contributed by atoms with Crippen LogP contribution in [0.3, 0.4) is 0 Å². The van der Waals surface area contributed by atoms with Crippen molar-refractivity contribution >= 4 is 11.9 Å². The van der Waals surface area contributed by atoms with Crippen molar-refractivity contribution in [3.05, 3.63) is 0 Å². The van der Waals surface area contributed by atoms with Gasteiger partial charge in [0.15, 0.2) is 0 Å². The molecule has 4 N–H and O–H groups in total. The lowest BCUT2D eigenvalue weighted by atomic mass is 10.1. The van der Waals surface area contributed by atoms with E-state index in [4.69, 9.17) is 10.8 Å². The molecule has 6 nitrogen and oxygen atoms in total. The second kappa shape index (κ2) is 5.27. The van der Waals surface area contributed by atoms with Crippen LogP contribution in [0, 0.1) is 0 Å². The fraction of sp³-hybridized carbons (Fsp3) is 0.800. The number of rotatable bonds is 4. The van der Waals surface area contributed by atoms with E-state index in [1.54, 1.807) is 6.92 Å². The smallest absolute Gasteiger partial charge is 0.326 e. The fourth-order valence-corrected chi connectivity index (χ4v) is 1.82. The second-order valence-corrected chi connectivity index (χ2v) is 4.31. The largest absolute Gasteiger partial charge is 0.480 e. The number of aliphatic hydroxyl groups excluding tert-OH is 1. The molecule has 0 aliphatic carbocycles. The Morgan fingerprint density at radius 3 is 2.69 bits per heavy atom. The van der Waals surface area contributed by atoms with Crippen molar-refractivity contribution in [3.63, 3.8) is 0 Å². The minimum Gasteiger partial charge on any atom is -0.480 e. The van der Waals surface area contributed by atoms with Crippen LogP contribution in [0.5, 0.6) is 0 Å². The number of carbonyl (C=O) groups is 2. The minimum absolute atomic E-state index is 0.0836. The summed E-state index contributed by atoms with van der Waals surface area (Å²) >= 11 is 0. The van der Waals surface area contributed by atoms with Crippen molar-refractivity contribution in [2.75, 3.05) is 6.54 Å². The summed E-state index contributed by atoms with van der Waals surface area (Å²) in [6.07, 6.45) is 0.130. The zero-order valence-electron chi connectivity index (χ0n) is 9.30. The molecule has 0 saturated carbocycles. The highest BCUT2D eigenvalue weighted by molar-refractivity contribution is 5.84. The summed E-state index contributed by atoms with van der Waals surface area (Å²) in [7, 11) is 0. The third-order valence-corrected chi connectivity index (χ3v) is 2.70. The summed E-state index contributed by atoms with van der Waals surface area (Å²) < 4.78 is 0. The maximum atomic E-state index is 11.7. The number of β-amino-alcohol motifs (C(OH)–C–C–N with tert-alkyl or cyclic N) is 1. The molecule has 0 aromatic carbocycles. The number of hydrogen-bond acceptors (Lipinski definition) is 4. The normalized spacial score (nSPS) is 26.8. The average molecular weight is 230 g/mol. The first-order valence-electron chi connectivity index (χ1n) is 5.37. The predicted octanol–water partition coefficient (Wildman–Crippen LogP) is -0.840. The first-order chi connectivity index (χ1) is 7.41. The van der Waals surface area contributed by atoms with Crippen LogP contribution in [0.4, 0.5) is 0 Å². The molecular formula is C10H18N2O4. The van der Waals surface area contributed by atoms with Gasteiger partial charge < -0.3 is 20.8 Å². The summed E-state index contributed by atoms with van der Waals surface area (Å²) in [6, 6.07) is -0.977. The number of carbonyl (C=O) groups excluding carboxylic acids is 1. The van der Waals surface area contributed by atoms with Crippen molar-refractivity contribution < 1.29 is 19.8 Å². The second-order valence-electron chi connectivity index (χ2n) is 4.31. The Hall–Kier alpha value is -1.14. The van der Waals surface area contributed by atoms with E-state index >= 15 is 0 Å². The van der Waals surface area contributed by atoms with Crippen LogP contribution in [0.15, 0.2) is 0 Å². The first kappa shape index (κ1) is 12.9. The van der Waals surface area contributed by atoms with Crippen LogP contribution in [0.25, 0.3) is 0 Å². The number of likely N-dealkylation sites (tertiary alicyclic amines) is 1. The SMILES string of the molecule is CC(N)CCC(=O)N1C[C@@H](O)C[C@H]1C(=O)O. The van der Waals surface area contributed by atoms with Gasteiger partial charge in [-0.2, -0.15) is 0 Å². The highest BCUT2D eigenvalue weighted by atomic mass is 16.4. The molecule has 0 bridgehead atoms. The van der Waals surface area contributed by atoms with E-state index in [9.17, 15) is 14.7 Å². The van der Waals surface area contributed by atoms with Crippen molar-refractivity contribution in [2.45, 2.75) is 44.4 Å². The van der Waals surface area contributed by atoms with Crippen LogP contribution in [0.1, 0.15) is 26.2 Å². The summed E-state index contributed by atoms with van der Waals surface area (Å²) in [5.41, 5.74) is 5.52. The van der Waals surface area contributed by atoms with Gasteiger partial charge in [0.05, 0.1) is 6.10 Å². The molecule has 3 atom stereocenters. The van der Waals surface area contributed by atoms with Gasteiger partial charge in [0, 0.05) is 25.4 Å². The van der Waals surface area contributed by atoms with E-state index in [-0.39, 0.29) is 31.3 Å². The molecule has 92 valence electrons. The third-order valence-electron chi connectivity index (χ3n) is 2.70. The monoisotopic (exact) mass is 230 g/mol. The molecular weight excluding hydrogens is 212 g/mol. The van der Waals surface area contributed by atoms with E-state index in [0.29, 0.717) is 6.42 Å². The van der Waals surface area contributed by atoms with E-state index in [0.717, 1.165) is 0 Å². The van der Waals surface area contributed by atoms with Crippen LogP contribution in [0.2, 0.25) is 0 Å². The molecule has 0 radical (unpaired) electrons. The van der Waals surface area contributed by atoms with Crippen LogP contribution in [-0.2, 0) is 9.59 Å². The Labute approximate surface area is 94.0 Å². The molecule has 1 saturated heterocycles. The van der Waals surface area contributed by atoms with Crippen molar-refractivity contribution in [1.29, 1.82) is 0 Å². The van der Waals surface area contributed by atoms with E-state index < -0.39 is 18.1 Å². The summed E-state index contributed by atoms with van der Waals surface area (Å²) in [4.78, 5) is 23.8. The Balaban J connectivity index is 2.56. The molecule has 1 fully saturated rings. The van der Waals surface area contributed by atoms with Crippen LogP contribution in [-0.4, -0.2) is 51.7 Å². The average Bonchev–Trinajstić information content (AvgIpc) is 2.56. The molecule has 1 aliphatic heterocycles. The minimum atomic E-state index is -1.06. The van der Waals surface area contributed by atoms with E-state index in [1.807, 2.05) is 0 Å². The lowest BCUT2D eigenvalue weighted by molar-refractivity contribution is -0.148. The summed E-state index contributed by atoms with van der Waals surface area (Å²) in [6.45, 7) is 1.90. The topological polar surface area (TPSA) is 104 Å². The molecule has 1 amide bonds. The van der Waals surface area contributed by atoms with Gasteiger partial charge in [-0.1, -0.05) is 0 Å². The number of nitrogens with zero attached hydrogens (tertiary/aromatic N) is 1. The predicted molar refractivity (Wildman–Crippen MR) is 56.6 cm³/mol. The molecule has 1 rings (SSSR count). The molecule has 0 spiro atoms. The lowest BCUT2D eigenvalue weighted by Gasteiger charge is -2.21. The van der Waals surface area contributed by atoms with E-state index in [1.165, 1.54) is 4.90 Å². The number of carboxylic acid groups (broad SMARTS) is 1. The third kappa shape index (κ3) is 3.18. The Morgan fingerprint density at radius 1 is 1.56 bits per heavy atom. The molecule has 0 aromatic rings. The number of aliphatic carboxylic acids is 1.